The molecule has 1 aromatic rings. The zero-order valence-corrected chi connectivity index (χ0v) is 12.4. The van der Waals surface area contributed by atoms with Gasteiger partial charge in [-0.25, -0.2) is 0 Å². The molecule has 2 saturated carbocycles. The van der Waals surface area contributed by atoms with Crippen molar-refractivity contribution in [2.24, 2.45) is 35.5 Å². The summed E-state index contributed by atoms with van der Waals surface area (Å²) in [7, 11) is 0. The van der Waals surface area contributed by atoms with E-state index in [-0.39, 0.29) is 23.7 Å². The van der Waals surface area contributed by atoms with Gasteiger partial charge in [0.15, 0.2) is 0 Å². The highest BCUT2D eigenvalue weighted by atomic mass is 16.2. The van der Waals surface area contributed by atoms with Crippen molar-refractivity contribution in [1.82, 2.24) is 4.90 Å². The molecule has 1 aliphatic heterocycles. The topological polar surface area (TPSA) is 37.4 Å². The molecular weight excluding hydrogens is 274 g/mol. The number of amides is 2. The second-order valence-corrected chi connectivity index (χ2v) is 7.22. The Balaban J connectivity index is 1.38. The van der Waals surface area contributed by atoms with Gasteiger partial charge in [0.05, 0.1) is 11.8 Å². The van der Waals surface area contributed by atoms with Gasteiger partial charge >= 0.3 is 0 Å². The summed E-state index contributed by atoms with van der Waals surface area (Å²) in [6, 6.07) is 10.1. The van der Waals surface area contributed by atoms with Gasteiger partial charge in [-0.1, -0.05) is 42.5 Å². The Hall–Kier alpha value is -1.90. The monoisotopic (exact) mass is 293 g/mol. The van der Waals surface area contributed by atoms with Crippen LogP contribution in [0.2, 0.25) is 0 Å². The van der Waals surface area contributed by atoms with Gasteiger partial charge in [-0.2, -0.15) is 0 Å². The van der Waals surface area contributed by atoms with Crippen LogP contribution in [-0.2, 0) is 16.0 Å². The van der Waals surface area contributed by atoms with Crippen LogP contribution < -0.4 is 0 Å². The first kappa shape index (κ1) is 12.6. The van der Waals surface area contributed by atoms with Crippen LogP contribution in [0.5, 0.6) is 0 Å². The Morgan fingerprint density at radius 3 is 2.09 bits per heavy atom. The molecule has 112 valence electrons. The Labute approximate surface area is 130 Å². The highest BCUT2D eigenvalue weighted by Gasteiger charge is 2.66. The van der Waals surface area contributed by atoms with Gasteiger partial charge < -0.3 is 0 Å². The summed E-state index contributed by atoms with van der Waals surface area (Å²) in [5.41, 5.74) is 1.18. The standard InChI is InChI=1S/C19H19NO2/c21-18-16-12-6-7-13(15-10-14(12)15)17(16)19(22)20(18)9-8-11-4-2-1-3-5-11/h1-7,12-17H,8-10H2/t12-,13+,14-,15-,16+,17+/m1/s1. The molecule has 3 heteroatoms. The lowest BCUT2D eigenvalue weighted by Gasteiger charge is -2.37. The van der Waals surface area contributed by atoms with Gasteiger partial charge in [0.1, 0.15) is 0 Å². The van der Waals surface area contributed by atoms with E-state index in [2.05, 4.69) is 24.3 Å². The second-order valence-electron chi connectivity index (χ2n) is 7.22. The summed E-state index contributed by atoms with van der Waals surface area (Å²) in [5, 5.41) is 0. The number of hydrogen-bond acceptors (Lipinski definition) is 2. The van der Waals surface area contributed by atoms with E-state index in [9.17, 15) is 9.59 Å². The summed E-state index contributed by atoms with van der Waals surface area (Å²) < 4.78 is 0. The maximum Gasteiger partial charge on any atom is 0.233 e. The first-order valence-electron chi connectivity index (χ1n) is 8.33. The fourth-order valence-corrected chi connectivity index (χ4v) is 5.12. The molecule has 22 heavy (non-hydrogen) atoms. The highest BCUT2D eigenvalue weighted by Crippen LogP contribution is 2.65. The largest absolute Gasteiger partial charge is 0.282 e. The summed E-state index contributed by atoms with van der Waals surface area (Å²) in [6.07, 6.45) is 6.44. The fraction of sp³-hybridized carbons (Fsp3) is 0.474. The number of carbonyl (C=O) groups is 2. The van der Waals surface area contributed by atoms with Gasteiger partial charge in [0.25, 0.3) is 0 Å². The van der Waals surface area contributed by atoms with Gasteiger partial charge in [0, 0.05) is 6.54 Å². The zero-order chi connectivity index (χ0) is 14.8. The quantitative estimate of drug-likeness (QED) is 0.633. The molecule has 2 bridgehead atoms. The van der Waals surface area contributed by atoms with Crippen LogP contribution in [0.25, 0.3) is 0 Å². The van der Waals surface area contributed by atoms with Crippen LogP contribution in [0, 0.1) is 35.5 Å². The third-order valence-corrected chi connectivity index (χ3v) is 6.22. The van der Waals surface area contributed by atoms with Crippen molar-refractivity contribution in [1.29, 1.82) is 0 Å². The molecule has 6 rings (SSSR count). The van der Waals surface area contributed by atoms with Gasteiger partial charge in [-0.15, -0.1) is 0 Å². The van der Waals surface area contributed by atoms with Crippen LogP contribution in [0.1, 0.15) is 12.0 Å². The lowest BCUT2D eigenvalue weighted by molar-refractivity contribution is -0.140. The summed E-state index contributed by atoms with van der Waals surface area (Å²) in [4.78, 5) is 27.1. The molecule has 3 fully saturated rings. The SMILES string of the molecule is O=C1[C@H]2[C@@H]3C=C[C@@H]([C@H]4C[C@H]34)[C@@H]2C(=O)N1CCc1ccccc1. The van der Waals surface area contributed by atoms with Gasteiger partial charge in [-0.05, 0) is 42.1 Å². The molecule has 4 aliphatic carbocycles. The van der Waals surface area contributed by atoms with Crippen LogP contribution in [0.15, 0.2) is 42.5 Å². The van der Waals surface area contributed by atoms with Crippen molar-refractivity contribution in [2.45, 2.75) is 12.8 Å². The molecule has 6 atom stereocenters. The van der Waals surface area contributed by atoms with Crippen molar-refractivity contribution < 1.29 is 9.59 Å². The van der Waals surface area contributed by atoms with Crippen LogP contribution in [0.4, 0.5) is 0 Å². The second kappa shape index (κ2) is 4.31. The number of allylic oxidation sites excluding steroid dienone is 2. The number of carbonyl (C=O) groups excluding carboxylic acids is 2. The van der Waals surface area contributed by atoms with Crippen LogP contribution in [0.3, 0.4) is 0 Å². The van der Waals surface area contributed by atoms with Crippen molar-refractivity contribution in [3.05, 3.63) is 48.0 Å². The summed E-state index contributed by atoms with van der Waals surface area (Å²) in [6.45, 7) is 0.531. The van der Waals surface area contributed by atoms with E-state index in [1.54, 1.807) is 4.90 Å². The predicted octanol–water partition coefficient (Wildman–Crippen LogP) is 2.28. The molecular formula is C19H19NO2. The molecule has 1 saturated heterocycles. The van der Waals surface area contributed by atoms with E-state index in [1.165, 1.54) is 12.0 Å². The smallest absolute Gasteiger partial charge is 0.233 e. The summed E-state index contributed by atoms with van der Waals surface area (Å²) >= 11 is 0. The van der Waals surface area contributed by atoms with Crippen LogP contribution in [-0.4, -0.2) is 23.3 Å². The number of imide groups is 1. The molecule has 0 unspecified atom stereocenters. The number of nitrogens with zero attached hydrogens (tertiary/aromatic N) is 1. The molecule has 2 amide bonds. The Bertz CT molecular complexity index is 644. The third kappa shape index (κ3) is 1.57. The maximum atomic E-state index is 12.8. The average Bonchev–Trinajstić information content (AvgIpc) is 3.33. The molecule has 5 aliphatic rings. The zero-order valence-electron chi connectivity index (χ0n) is 12.4. The molecule has 1 heterocycles. The molecule has 0 N–H and O–H groups in total. The molecule has 3 nitrogen and oxygen atoms in total. The van der Waals surface area contributed by atoms with Crippen LogP contribution >= 0.6 is 0 Å². The lowest BCUT2D eigenvalue weighted by Crippen LogP contribution is -2.40. The van der Waals surface area contributed by atoms with Gasteiger partial charge in [0.2, 0.25) is 11.8 Å². The molecule has 0 spiro atoms. The minimum atomic E-state index is -0.0537. The van der Waals surface area contributed by atoms with E-state index in [1.807, 2.05) is 18.2 Å². The number of hydrogen-bond donors (Lipinski definition) is 0. The highest BCUT2D eigenvalue weighted by molar-refractivity contribution is 6.06. The predicted molar refractivity (Wildman–Crippen MR) is 81.6 cm³/mol. The summed E-state index contributed by atoms with van der Waals surface area (Å²) in [5.74, 6) is 2.11. The van der Waals surface area contributed by atoms with Crippen molar-refractivity contribution in [3.8, 4) is 0 Å². The van der Waals surface area contributed by atoms with Gasteiger partial charge in [-0.3, -0.25) is 14.5 Å². The molecule has 0 aromatic heterocycles. The maximum absolute atomic E-state index is 12.8. The van der Waals surface area contributed by atoms with E-state index < -0.39 is 0 Å². The first-order chi connectivity index (χ1) is 10.8. The Morgan fingerprint density at radius 2 is 1.50 bits per heavy atom. The average molecular weight is 293 g/mol. The number of benzene rings is 1. The van der Waals surface area contributed by atoms with E-state index in [0.717, 1.165) is 6.42 Å². The molecule has 0 radical (unpaired) electrons. The Morgan fingerprint density at radius 1 is 0.909 bits per heavy atom. The van der Waals surface area contributed by atoms with Crippen molar-refractivity contribution in [2.75, 3.05) is 6.54 Å². The van der Waals surface area contributed by atoms with Crippen molar-refractivity contribution >= 4 is 11.8 Å². The van der Waals surface area contributed by atoms with E-state index >= 15 is 0 Å². The van der Waals surface area contributed by atoms with E-state index in [4.69, 9.17) is 0 Å². The fourth-order valence-electron chi connectivity index (χ4n) is 5.12. The number of rotatable bonds is 3. The normalized spacial score (nSPS) is 40.8. The lowest BCUT2D eigenvalue weighted by atomic mass is 9.63. The number of likely N-dealkylation sites (tertiary alicyclic amines) is 1. The Kier molecular flexibility index (Phi) is 2.47. The minimum absolute atomic E-state index is 0.0537. The van der Waals surface area contributed by atoms with Crippen molar-refractivity contribution in [3.63, 3.8) is 0 Å². The first-order valence-corrected chi connectivity index (χ1v) is 8.33. The third-order valence-electron chi connectivity index (χ3n) is 6.22. The molecule has 1 aromatic carbocycles. The van der Waals surface area contributed by atoms with E-state index in [0.29, 0.717) is 30.2 Å². The minimum Gasteiger partial charge on any atom is -0.282 e.